The van der Waals surface area contributed by atoms with Crippen LogP contribution in [-0.2, 0) is 4.79 Å². The molecule has 92 valence electrons. The van der Waals surface area contributed by atoms with Crippen molar-refractivity contribution in [2.75, 3.05) is 18.4 Å². The summed E-state index contributed by atoms with van der Waals surface area (Å²) in [5, 5.41) is 6.07. The molecule has 0 heterocycles. The normalized spacial score (nSPS) is 16.6. The summed E-state index contributed by atoms with van der Waals surface area (Å²) in [5.74, 6) is 0.00106. The highest BCUT2D eigenvalue weighted by molar-refractivity contribution is 9.10. The van der Waals surface area contributed by atoms with Crippen LogP contribution < -0.4 is 10.6 Å². The van der Waals surface area contributed by atoms with Gasteiger partial charge < -0.3 is 10.6 Å². The Morgan fingerprint density at radius 1 is 1.41 bits per heavy atom. The lowest BCUT2D eigenvalue weighted by atomic mass is 10.1. The number of para-hydroxylation sites is 1. The van der Waals surface area contributed by atoms with Gasteiger partial charge in [-0.25, -0.2) is 0 Å². The van der Waals surface area contributed by atoms with Gasteiger partial charge >= 0.3 is 0 Å². The number of benzene rings is 1. The van der Waals surface area contributed by atoms with E-state index in [1.807, 2.05) is 24.3 Å². The number of hydrogen-bond acceptors (Lipinski definition) is 2. The van der Waals surface area contributed by atoms with E-state index in [1.165, 1.54) is 12.8 Å². The number of carbonyl (C=O) groups excluding carboxylic acids is 1. The average Bonchev–Trinajstić information content (AvgIpc) is 3.00. The fourth-order valence-electron chi connectivity index (χ4n) is 1.62. The smallest absolute Gasteiger partial charge is 0.238 e. The summed E-state index contributed by atoms with van der Waals surface area (Å²) in [7, 11) is 0. The third-order valence-electron chi connectivity index (χ3n) is 3.09. The third kappa shape index (κ3) is 3.82. The zero-order valence-electron chi connectivity index (χ0n) is 9.92. The molecule has 1 aromatic rings. The van der Waals surface area contributed by atoms with Crippen molar-refractivity contribution >= 4 is 27.5 Å². The monoisotopic (exact) mass is 296 g/mol. The fraction of sp³-hybridized carbons (Fsp3) is 0.462. The summed E-state index contributed by atoms with van der Waals surface area (Å²) in [6.07, 6.45) is 2.54. The first-order valence-corrected chi connectivity index (χ1v) is 6.63. The van der Waals surface area contributed by atoms with E-state index < -0.39 is 0 Å². The van der Waals surface area contributed by atoms with Crippen LogP contribution in [0.25, 0.3) is 0 Å². The summed E-state index contributed by atoms with van der Waals surface area (Å²) in [6.45, 7) is 3.54. The second kappa shape index (κ2) is 5.19. The van der Waals surface area contributed by atoms with Crippen molar-refractivity contribution in [3.8, 4) is 0 Å². The van der Waals surface area contributed by atoms with Crippen molar-refractivity contribution < 1.29 is 4.79 Å². The van der Waals surface area contributed by atoms with Gasteiger partial charge in [-0.1, -0.05) is 19.1 Å². The zero-order valence-corrected chi connectivity index (χ0v) is 11.5. The molecule has 1 fully saturated rings. The molecule has 0 aromatic heterocycles. The van der Waals surface area contributed by atoms with Gasteiger partial charge in [0.05, 0.1) is 12.2 Å². The minimum absolute atomic E-state index is 0.00106. The van der Waals surface area contributed by atoms with Gasteiger partial charge in [0.1, 0.15) is 0 Å². The highest BCUT2D eigenvalue weighted by Gasteiger charge is 2.36. The maximum absolute atomic E-state index is 11.7. The first-order valence-electron chi connectivity index (χ1n) is 5.84. The Bertz CT molecular complexity index is 416. The molecule has 1 aliphatic carbocycles. The standard InChI is InChI=1S/C13H17BrN2O/c1-13(6-7-13)9-15-8-12(17)16-11-5-3-2-4-10(11)14/h2-5,15H,6-9H2,1H3,(H,16,17). The molecule has 1 amide bonds. The first kappa shape index (κ1) is 12.6. The quantitative estimate of drug-likeness (QED) is 0.877. The van der Waals surface area contributed by atoms with Crippen LogP contribution in [-0.4, -0.2) is 19.0 Å². The van der Waals surface area contributed by atoms with Crippen LogP contribution in [0.4, 0.5) is 5.69 Å². The molecule has 0 atom stereocenters. The van der Waals surface area contributed by atoms with E-state index in [0.29, 0.717) is 12.0 Å². The lowest BCUT2D eigenvalue weighted by Crippen LogP contribution is -2.31. The minimum Gasteiger partial charge on any atom is -0.324 e. The van der Waals surface area contributed by atoms with Crippen molar-refractivity contribution in [1.82, 2.24) is 5.32 Å². The highest BCUT2D eigenvalue weighted by atomic mass is 79.9. The number of anilines is 1. The lowest BCUT2D eigenvalue weighted by molar-refractivity contribution is -0.115. The summed E-state index contributed by atoms with van der Waals surface area (Å²) < 4.78 is 0.905. The van der Waals surface area contributed by atoms with Crippen LogP contribution >= 0.6 is 15.9 Å². The van der Waals surface area contributed by atoms with Crippen molar-refractivity contribution in [2.24, 2.45) is 5.41 Å². The van der Waals surface area contributed by atoms with E-state index in [-0.39, 0.29) is 5.91 Å². The van der Waals surface area contributed by atoms with E-state index in [4.69, 9.17) is 0 Å². The van der Waals surface area contributed by atoms with Crippen molar-refractivity contribution in [2.45, 2.75) is 19.8 Å². The number of rotatable bonds is 5. The Morgan fingerprint density at radius 3 is 2.76 bits per heavy atom. The molecule has 0 bridgehead atoms. The molecular weight excluding hydrogens is 280 g/mol. The van der Waals surface area contributed by atoms with Crippen molar-refractivity contribution in [3.05, 3.63) is 28.7 Å². The van der Waals surface area contributed by atoms with Gasteiger partial charge in [0.15, 0.2) is 0 Å². The van der Waals surface area contributed by atoms with Gasteiger partial charge in [-0.05, 0) is 46.3 Å². The van der Waals surface area contributed by atoms with E-state index in [0.717, 1.165) is 16.7 Å². The summed E-state index contributed by atoms with van der Waals surface area (Å²) >= 11 is 3.40. The van der Waals surface area contributed by atoms with Gasteiger partial charge in [-0.15, -0.1) is 0 Å². The van der Waals surface area contributed by atoms with Crippen LogP contribution in [0.1, 0.15) is 19.8 Å². The van der Waals surface area contributed by atoms with Gasteiger partial charge in [0.2, 0.25) is 5.91 Å². The molecule has 0 aliphatic heterocycles. The van der Waals surface area contributed by atoms with Gasteiger partial charge in [0, 0.05) is 11.0 Å². The van der Waals surface area contributed by atoms with Crippen LogP contribution in [0.3, 0.4) is 0 Å². The molecule has 0 radical (unpaired) electrons. The van der Waals surface area contributed by atoms with Gasteiger partial charge in [-0.2, -0.15) is 0 Å². The molecule has 1 saturated carbocycles. The molecule has 3 nitrogen and oxygen atoms in total. The van der Waals surface area contributed by atoms with E-state index in [1.54, 1.807) is 0 Å². The average molecular weight is 297 g/mol. The van der Waals surface area contributed by atoms with E-state index >= 15 is 0 Å². The van der Waals surface area contributed by atoms with Crippen molar-refractivity contribution in [3.63, 3.8) is 0 Å². The number of nitrogens with one attached hydrogen (secondary N) is 2. The van der Waals surface area contributed by atoms with Crippen LogP contribution in [0.5, 0.6) is 0 Å². The molecule has 1 aliphatic rings. The van der Waals surface area contributed by atoms with Gasteiger partial charge in [0.25, 0.3) is 0 Å². The van der Waals surface area contributed by atoms with Crippen LogP contribution in [0.2, 0.25) is 0 Å². The van der Waals surface area contributed by atoms with E-state index in [2.05, 4.69) is 33.5 Å². The zero-order chi connectivity index (χ0) is 12.3. The first-order chi connectivity index (χ1) is 8.09. The summed E-state index contributed by atoms with van der Waals surface area (Å²) in [6, 6.07) is 7.61. The lowest BCUT2D eigenvalue weighted by Gasteiger charge is -2.10. The molecule has 1 aromatic carbocycles. The SMILES string of the molecule is CC1(CNCC(=O)Nc2ccccc2Br)CC1. The Labute approximate surface area is 110 Å². The third-order valence-corrected chi connectivity index (χ3v) is 3.78. The topological polar surface area (TPSA) is 41.1 Å². The Balaban J connectivity index is 1.75. The molecule has 0 spiro atoms. The van der Waals surface area contributed by atoms with Gasteiger partial charge in [-0.3, -0.25) is 4.79 Å². The predicted molar refractivity (Wildman–Crippen MR) is 73.0 cm³/mol. The number of hydrogen-bond donors (Lipinski definition) is 2. The van der Waals surface area contributed by atoms with Crippen molar-refractivity contribution in [1.29, 1.82) is 0 Å². The minimum atomic E-state index is 0.00106. The maximum atomic E-state index is 11.7. The molecule has 0 saturated heterocycles. The Morgan fingerprint density at radius 2 is 2.12 bits per heavy atom. The molecule has 2 rings (SSSR count). The molecule has 2 N–H and O–H groups in total. The number of carbonyl (C=O) groups is 1. The Hall–Kier alpha value is -0.870. The molecule has 0 unspecified atom stereocenters. The number of amides is 1. The molecule has 4 heteroatoms. The molecular formula is C13H17BrN2O. The van der Waals surface area contributed by atoms with E-state index in [9.17, 15) is 4.79 Å². The van der Waals surface area contributed by atoms with Crippen LogP contribution in [0.15, 0.2) is 28.7 Å². The fourth-order valence-corrected chi connectivity index (χ4v) is 2.01. The second-order valence-electron chi connectivity index (χ2n) is 4.94. The highest BCUT2D eigenvalue weighted by Crippen LogP contribution is 2.43. The summed E-state index contributed by atoms with van der Waals surface area (Å²) in [4.78, 5) is 11.7. The second-order valence-corrected chi connectivity index (χ2v) is 5.80. The predicted octanol–water partition coefficient (Wildman–Crippen LogP) is 2.78. The Kier molecular flexibility index (Phi) is 3.84. The maximum Gasteiger partial charge on any atom is 0.238 e. The number of halogens is 1. The summed E-state index contributed by atoms with van der Waals surface area (Å²) in [5.41, 5.74) is 1.25. The molecule has 17 heavy (non-hydrogen) atoms. The largest absolute Gasteiger partial charge is 0.324 e. The van der Waals surface area contributed by atoms with Crippen LogP contribution in [0, 0.1) is 5.41 Å².